The third-order valence-electron chi connectivity index (χ3n) is 4.31. The van der Waals surface area contributed by atoms with Gasteiger partial charge in [0.25, 0.3) is 5.91 Å². The molecule has 2 aromatic rings. The van der Waals surface area contributed by atoms with Crippen molar-refractivity contribution in [1.29, 1.82) is 5.26 Å². The average molecular weight is 404 g/mol. The molecule has 0 aliphatic carbocycles. The fraction of sp³-hybridized carbons (Fsp3) is 0.222. The van der Waals surface area contributed by atoms with Crippen molar-refractivity contribution < 1.29 is 22.7 Å². The minimum absolute atomic E-state index is 0.0608. The molecule has 0 fully saturated rings. The number of rotatable bonds is 3. The number of carbonyl (C=O) groups is 1. The van der Waals surface area contributed by atoms with Crippen molar-refractivity contribution >= 4 is 27.7 Å². The van der Waals surface area contributed by atoms with Gasteiger partial charge in [-0.2, -0.15) is 5.26 Å². The molecule has 3 N–H and O–H groups in total. The van der Waals surface area contributed by atoms with Crippen molar-refractivity contribution in [2.75, 3.05) is 5.32 Å². The Hall–Kier alpha value is -3.00. The molecule has 28 heavy (non-hydrogen) atoms. The molecule has 3 rings (SSSR count). The SMILES string of the molecule is C[C@H](O)[C@H]1C=Cc2c(cn(C)c2C(=O)Nc2ccc(F)c(C#N)c2)S(=O)(=O)N1. The number of halogens is 1. The van der Waals surface area contributed by atoms with Crippen LogP contribution in [0.25, 0.3) is 6.08 Å². The van der Waals surface area contributed by atoms with Crippen molar-refractivity contribution in [2.45, 2.75) is 24.0 Å². The van der Waals surface area contributed by atoms with Gasteiger partial charge in [0.15, 0.2) is 0 Å². The van der Waals surface area contributed by atoms with E-state index in [-0.39, 0.29) is 27.4 Å². The second-order valence-corrected chi connectivity index (χ2v) is 8.06. The first-order valence-corrected chi connectivity index (χ1v) is 9.71. The van der Waals surface area contributed by atoms with Crippen LogP contribution in [0.5, 0.6) is 0 Å². The van der Waals surface area contributed by atoms with Crippen molar-refractivity contribution in [3.63, 3.8) is 0 Å². The highest BCUT2D eigenvalue weighted by molar-refractivity contribution is 7.89. The zero-order valence-electron chi connectivity index (χ0n) is 15.0. The molecule has 1 aliphatic rings. The predicted octanol–water partition coefficient (Wildman–Crippen LogP) is 1.34. The van der Waals surface area contributed by atoms with E-state index in [9.17, 15) is 22.7 Å². The van der Waals surface area contributed by atoms with Gasteiger partial charge in [-0.1, -0.05) is 12.2 Å². The van der Waals surface area contributed by atoms with Gasteiger partial charge in [0.2, 0.25) is 10.0 Å². The summed E-state index contributed by atoms with van der Waals surface area (Å²) in [5, 5.41) is 21.2. The summed E-state index contributed by atoms with van der Waals surface area (Å²) in [6.45, 7) is 1.45. The number of nitriles is 1. The minimum atomic E-state index is -3.96. The van der Waals surface area contributed by atoms with Gasteiger partial charge in [-0.3, -0.25) is 4.79 Å². The molecule has 0 spiro atoms. The van der Waals surface area contributed by atoms with E-state index in [0.717, 1.165) is 6.07 Å². The summed E-state index contributed by atoms with van der Waals surface area (Å²) in [7, 11) is -2.44. The zero-order valence-corrected chi connectivity index (χ0v) is 15.8. The number of aryl methyl sites for hydroxylation is 1. The number of carbonyl (C=O) groups excluding carboxylic acids is 1. The first-order chi connectivity index (χ1) is 13.1. The molecule has 146 valence electrons. The van der Waals surface area contributed by atoms with Gasteiger partial charge in [-0.15, -0.1) is 0 Å². The van der Waals surface area contributed by atoms with Gasteiger partial charge in [0.05, 0.1) is 17.7 Å². The molecule has 1 aromatic carbocycles. The zero-order chi connectivity index (χ0) is 20.6. The molecular formula is C18H17FN4O4S. The number of nitrogens with one attached hydrogen (secondary N) is 2. The number of hydrogen-bond donors (Lipinski definition) is 3. The van der Waals surface area contributed by atoms with Gasteiger partial charge in [0, 0.05) is 24.5 Å². The lowest BCUT2D eigenvalue weighted by molar-refractivity contribution is 0.101. The average Bonchev–Trinajstić information content (AvgIpc) is 2.90. The fourth-order valence-corrected chi connectivity index (χ4v) is 4.41. The Kier molecular flexibility index (Phi) is 5.08. The lowest BCUT2D eigenvalue weighted by Crippen LogP contribution is -2.39. The van der Waals surface area contributed by atoms with E-state index in [1.54, 1.807) is 6.07 Å². The fourth-order valence-electron chi connectivity index (χ4n) is 2.89. The Morgan fingerprint density at radius 2 is 2.18 bits per heavy atom. The topological polar surface area (TPSA) is 124 Å². The van der Waals surface area contributed by atoms with Gasteiger partial charge in [0.1, 0.15) is 22.5 Å². The first-order valence-electron chi connectivity index (χ1n) is 8.23. The Morgan fingerprint density at radius 3 is 2.82 bits per heavy atom. The number of aliphatic hydroxyl groups excluding tert-OH is 1. The van der Waals surface area contributed by atoms with E-state index < -0.39 is 33.9 Å². The number of benzene rings is 1. The number of sulfonamides is 1. The van der Waals surface area contributed by atoms with Gasteiger partial charge in [-0.25, -0.2) is 17.5 Å². The molecule has 0 unspecified atom stereocenters. The molecule has 0 radical (unpaired) electrons. The lowest BCUT2D eigenvalue weighted by atomic mass is 10.1. The maximum Gasteiger partial charge on any atom is 0.272 e. The van der Waals surface area contributed by atoms with Crippen molar-refractivity contribution in [1.82, 2.24) is 9.29 Å². The summed E-state index contributed by atoms with van der Waals surface area (Å²) in [6, 6.07) is 4.39. The third kappa shape index (κ3) is 3.55. The second kappa shape index (κ2) is 7.20. The van der Waals surface area contributed by atoms with Crippen molar-refractivity contribution in [2.24, 2.45) is 7.05 Å². The van der Waals surface area contributed by atoms with Crippen LogP contribution in [-0.2, 0) is 17.1 Å². The van der Waals surface area contributed by atoms with Crippen LogP contribution in [0.3, 0.4) is 0 Å². The Labute approximate surface area is 161 Å². The molecule has 0 saturated carbocycles. The predicted molar refractivity (Wildman–Crippen MR) is 99.3 cm³/mol. The molecule has 0 bridgehead atoms. The largest absolute Gasteiger partial charge is 0.391 e. The lowest BCUT2D eigenvalue weighted by Gasteiger charge is -2.15. The van der Waals surface area contributed by atoms with E-state index in [1.165, 1.54) is 49.0 Å². The number of hydrogen-bond acceptors (Lipinski definition) is 5. The molecule has 2 heterocycles. The summed E-state index contributed by atoms with van der Waals surface area (Å²) in [5.74, 6) is -1.34. The Morgan fingerprint density at radius 1 is 1.46 bits per heavy atom. The van der Waals surface area contributed by atoms with Crippen molar-refractivity contribution in [3.8, 4) is 6.07 Å². The molecule has 10 heteroatoms. The molecule has 1 aliphatic heterocycles. The standard InChI is InChI=1S/C18H17FN4O4S/c1-10(24)15-6-4-13-16(28(26,27)22-15)9-23(2)17(13)18(25)21-12-3-5-14(19)11(7-12)8-20/h3-7,9-10,15,22,24H,1-2H3,(H,21,25)/t10-,15+/m0/s1. The summed E-state index contributed by atoms with van der Waals surface area (Å²) >= 11 is 0. The second-order valence-electron chi connectivity index (χ2n) is 6.37. The number of fused-ring (bicyclic) bond motifs is 1. The van der Waals surface area contributed by atoms with Crippen LogP contribution < -0.4 is 10.0 Å². The summed E-state index contributed by atoms with van der Waals surface area (Å²) in [5.41, 5.74) is 0.192. The molecule has 0 saturated heterocycles. The van der Waals surface area contributed by atoms with Crippen LogP contribution >= 0.6 is 0 Å². The first kappa shape index (κ1) is 19.8. The quantitative estimate of drug-likeness (QED) is 0.712. The summed E-state index contributed by atoms with van der Waals surface area (Å²) in [6.07, 6.45) is 3.26. The highest BCUT2D eigenvalue weighted by atomic mass is 32.2. The molecule has 1 amide bonds. The maximum atomic E-state index is 13.5. The van der Waals surface area contributed by atoms with Gasteiger partial charge in [-0.05, 0) is 25.1 Å². The molecule has 1 aromatic heterocycles. The number of aliphatic hydroxyl groups is 1. The number of anilines is 1. The van der Waals surface area contributed by atoms with Gasteiger partial charge >= 0.3 is 0 Å². The van der Waals surface area contributed by atoms with E-state index in [4.69, 9.17) is 5.26 Å². The summed E-state index contributed by atoms with van der Waals surface area (Å²) < 4.78 is 42.4. The highest BCUT2D eigenvalue weighted by Gasteiger charge is 2.31. The number of nitrogens with zero attached hydrogens (tertiary/aromatic N) is 2. The van der Waals surface area contributed by atoms with Crippen LogP contribution in [0, 0.1) is 17.1 Å². The van der Waals surface area contributed by atoms with E-state index in [0.29, 0.717) is 0 Å². The van der Waals surface area contributed by atoms with Crippen LogP contribution in [0.2, 0.25) is 0 Å². The highest BCUT2D eigenvalue weighted by Crippen LogP contribution is 2.27. The van der Waals surface area contributed by atoms with Crippen LogP contribution in [0.1, 0.15) is 28.5 Å². The van der Waals surface area contributed by atoms with Crippen molar-refractivity contribution in [3.05, 3.63) is 53.1 Å². The normalized spacial score (nSPS) is 18.6. The number of aromatic nitrogens is 1. The third-order valence-corrected chi connectivity index (χ3v) is 5.80. The Balaban J connectivity index is 2.03. The molecular weight excluding hydrogens is 387 g/mol. The molecule has 2 atom stereocenters. The van der Waals surface area contributed by atoms with Crippen LogP contribution in [0.4, 0.5) is 10.1 Å². The smallest absolute Gasteiger partial charge is 0.272 e. The van der Waals surface area contributed by atoms with Gasteiger partial charge < -0.3 is 15.0 Å². The number of amides is 1. The Bertz CT molecular complexity index is 1130. The van der Waals surface area contributed by atoms with E-state index in [1.807, 2.05) is 0 Å². The van der Waals surface area contributed by atoms with E-state index in [2.05, 4.69) is 10.0 Å². The summed E-state index contributed by atoms with van der Waals surface area (Å²) in [4.78, 5) is 12.7. The van der Waals surface area contributed by atoms with E-state index >= 15 is 0 Å². The monoisotopic (exact) mass is 404 g/mol. The van der Waals surface area contributed by atoms with Crippen LogP contribution in [-0.4, -0.2) is 36.1 Å². The maximum absolute atomic E-state index is 13.5. The molecule has 8 nitrogen and oxygen atoms in total. The van der Waals surface area contributed by atoms with Crippen LogP contribution in [0.15, 0.2) is 35.4 Å². The minimum Gasteiger partial charge on any atom is -0.391 e.